The fourth-order valence-corrected chi connectivity index (χ4v) is 1.74. The van der Waals surface area contributed by atoms with Crippen molar-refractivity contribution in [3.63, 3.8) is 0 Å². The maximum Gasteiger partial charge on any atom is 0.168 e. The lowest BCUT2D eigenvalue weighted by Gasteiger charge is -2.09. The molecule has 88 valence electrons. The predicted molar refractivity (Wildman–Crippen MR) is 72.3 cm³/mol. The third kappa shape index (κ3) is 3.20. The molecule has 4 heteroatoms. The second-order valence-electron chi connectivity index (χ2n) is 3.53. The van der Waals surface area contributed by atoms with Crippen LogP contribution >= 0.6 is 15.9 Å². The molecule has 0 unspecified atom stereocenters. The molecule has 1 N–H and O–H groups in total. The number of nitrogens with zero attached hydrogens (tertiary/aromatic N) is 1. The Bertz CT molecular complexity index is 485. The minimum absolute atomic E-state index is 0.723. The van der Waals surface area contributed by atoms with Gasteiger partial charge in [-0.3, -0.25) is 0 Å². The number of nitrogens with one attached hydrogen (secondary N) is 1. The molecule has 3 nitrogen and oxygen atoms in total. The van der Waals surface area contributed by atoms with Crippen molar-refractivity contribution in [3.8, 4) is 5.75 Å². The number of rotatable bonds is 4. The van der Waals surface area contributed by atoms with E-state index in [4.69, 9.17) is 4.74 Å². The van der Waals surface area contributed by atoms with Crippen LogP contribution in [-0.2, 0) is 6.54 Å². The second-order valence-corrected chi connectivity index (χ2v) is 4.45. The first-order chi connectivity index (χ1) is 8.29. The molecule has 1 aromatic carbocycles. The molecule has 0 aliphatic heterocycles. The fraction of sp³-hybridized carbons (Fsp3) is 0.154. The average molecular weight is 293 g/mol. The first-order valence-corrected chi connectivity index (χ1v) is 6.06. The van der Waals surface area contributed by atoms with E-state index in [-0.39, 0.29) is 0 Å². The van der Waals surface area contributed by atoms with Crippen LogP contribution in [0.15, 0.2) is 47.1 Å². The van der Waals surface area contributed by atoms with Crippen molar-refractivity contribution in [2.24, 2.45) is 0 Å². The fourth-order valence-electron chi connectivity index (χ4n) is 1.48. The molecule has 0 atom stereocenters. The Morgan fingerprint density at radius 1 is 1.24 bits per heavy atom. The smallest absolute Gasteiger partial charge is 0.168 e. The van der Waals surface area contributed by atoms with Gasteiger partial charge in [-0.1, -0.05) is 28.1 Å². The van der Waals surface area contributed by atoms with E-state index in [1.165, 1.54) is 5.56 Å². The van der Waals surface area contributed by atoms with Gasteiger partial charge < -0.3 is 10.1 Å². The van der Waals surface area contributed by atoms with Gasteiger partial charge >= 0.3 is 0 Å². The Hall–Kier alpha value is -1.55. The minimum atomic E-state index is 0.723. The van der Waals surface area contributed by atoms with E-state index in [1.807, 2.05) is 24.3 Å². The molecule has 17 heavy (non-hydrogen) atoms. The van der Waals surface area contributed by atoms with Gasteiger partial charge in [-0.15, -0.1) is 0 Å². The molecular formula is C13H13BrN2O. The first-order valence-electron chi connectivity index (χ1n) is 5.27. The van der Waals surface area contributed by atoms with Gasteiger partial charge in [0.1, 0.15) is 0 Å². The molecule has 0 aliphatic rings. The summed E-state index contributed by atoms with van der Waals surface area (Å²) in [7, 11) is 1.64. The zero-order valence-corrected chi connectivity index (χ0v) is 11.1. The zero-order chi connectivity index (χ0) is 12.1. The molecule has 2 rings (SSSR count). The third-order valence-electron chi connectivity index (χ3n) is 2.36. The predicted octanol–water partition coefficient (Wildman–Crippen LogP) is 3.46. The van der Waals surface area contributed by atoms with Gasteiger partial charge in [-0.2, -0.15) is 0 Å². The summed E-state index contributed by atoms with van der Waals surface area (Å²) in [6.45, 7) is 0.723. The average Bonchev–Trinajstić information content (AvgIpc) is 2.38. The highest BCUT2D eigenvalue weighted by Gasteiger charge is 2.02. The molecule has 2 aromatic rings. The van der Waals surface area contributed by atoms with E-state index >= 15 is 0 Å². The number of benzene rings is 1. The lowest BCUT2D eigenvalue weighted by Crippen LogP contribution is -2.02. The number of hydrogen-bond acceptors (Lipinski definition) is 3. The Morgan fingerprint density at radius 2 is 2.00 bits per heavy atom. The molecular weight excluding hydrogens is 280 g/mol. The number of hydrogen-bond donors (Lipinski definition) is 1. The number of anilines is 1. The van der Waals surface area contributed by atoms with Gasteiger partial charge in [0, 0.05) is 17.2 Å². The topological polar surface area (TPSA) is 34.1 Å². The van der Waals surface area contributed by atoms with Gasteiger partial charge in [0.25, 0.3) is 0 Å². The standard InChI is InChI=1S/C13H13BrN2O/c1-17-12-3-2-8-15-13(12)16-9-10-4-6-11(14)7-5-10/h2-8H,9H2,1H3,(H,15,16). The summed E-state index contributed by atoms with van der Waals surface area (Å²) in [5.74, 6) is 1.52. The highest BCUT2D eigenvalue weighted by atomic mass is 79.9. The second kappa shape index (κ2) is 5.68. The van der Waals surface area contributed by atoms with Crippen LogP contribution in [0.25, 0.3) is 0 Å². The summed E-state index contributed by atoms with van der Waals surface area (Å²) < 4.78 is 6.30. The Morgan fingerprint density at radius 3 is 2.71 bits per heavy atom. The van der Waals surface area contributed by atoms with Crippen molar-refractivity contribution in [2.45, 2.75) is 6.54 Å². The molecule has 0 amide bonds. The van der Waals surface area contributed by atoms with Crippen LogP contribution in [0.4, 0.5) is 5.82 Å². The minimum Gasteiger partial charge on any atom is -0.493 e. The summed E-state index contributed by atoms with van der Waals surface area (Å²) in [5, 5.41) is 3.25. The van der Waals surface area contributed by atoms with Gasteiger partial charge in [0.05, 0.1) is 7.11 Å². The molecule has 0 bridgehead atoms. The van der Waals surface area contributed by atoms with E-state index in [1.54, 1.807) is 13.3 Å². The van der Waals surface area contributed by atoms with E-state index in [0.29, 0.717) is 0 Å². The number of aromatic nitrogens is 1. The van der Waals surface area contributed by atoms with Gasteiger partial charge in [0.15, 0.2) is 11.6 Å². The van der Waals surface area contributed by atoms with Gasteiger partial charge in [-0.05, 0) is 29.8 Å². The van der Waals surface area contributed by atoms with Crippen molar-refractivity contribution >= 4 is 21.7 Å². The normalized spacial score (nSPS) is 10.0. The van der Waals surface area contributed by atoms with E-state index in [0.717, 1.165) is 22.6 Å². The summed E-state index contributed by atoms with van der Waals surface area (Å²) in [4.78, 5) is 4.24. The lowest BCUT2D eigenvalue weighted by atomic mass is 10.2. The SMILES string of the molecule is COc1cccnc1NCc1ccc(Br)cc1. The zero-order valence-electron chi connectivity index (χ0n) is 9.48. The molecule has 1 aromatic heterocycles. The monoisotopic (exact) mass is 292 g/mol. The van der Waals surface area contributed by atoms with Crippen LogP contribution < -0.4 is 10.1 Å². The maximum absolute atomic E-state index is 5.22. The highest BCUT2D eigenvalue weighted by molar-refractivity contribution is 9.10. The molecule has 1 heterocycles. The van der Waals surface area contributed by atoms with Gasteiger partial charge in [-0.25, -0.2) is 4.98 Å². The van der Waals surface area contributed by atoms with Crippen LogP contribution in [0.5, 0.6) is 5.75 Å². The van der Waals surface area contributed by atoms with Crippen LogP contribution in [-0.4, -0.2) is 12.1 Å². The van der Waals surface area contributed by atoms with Crippen molar-refractivity contribution in [1.29, 1.82) is 0 Å². The van der Waals surface area contributed by atoms with Crippen LogP contribution in [0.2, 0.25) is 0 Å². The highest BCUT2D eigenvalue weighted by Crippen LogP contribution is 2.20. The van der Waals surface area contributed by atoms with E-state index in [9.17, 15) is 0 Å². The molecule has 0 saturated carbocycles. The quantitative estimate of drug-likeness (QED) is 0.937. The summed E-state index contributed by atoms with van der Waals surface area (Å²) in [6.07, 6.45) is 1.74. The number of pyridine rings is 1. The first kappa shape index (κ1) is 11.9. The van der Waals surface area contributed by atoms with Crippen molar-refractivity contribution < 1.29 is 4.74 Å². The van der Waals surface area contributed by atoms with E-state index in [2.05, 4.69) is 38.4 Å². The molecule has 0 saturated heterocycles. The van der Waals surface area contributed by atoms with E-state index < -0.39 is 0 Å². The van der Waals surface area contributed by atoms with Crippen molar-refractivity contribution in [3.05, 3.63) is 52.6 Å². The lowest BCUT2D eigenvalue weighted by molar-refractivity contribution is 0.415. The molecule has 0 fully saturated rings. The largest absolute Gasteiger partial charge is 0.493 e. The Balaban J connectivity index is 2.04. The maximum atomic E-state index is 5.22. The Kier molecular flexibility index (Phi) is 3.98. The third-order valence-corrected chi connectivity index (χ3v) is 2.89. The van der Waals surface area contributed by atoms with Crippen LogP contribution in [0.3, 0.4) is 0 Å². The van der Waals surface area contributed by atoms with Gasteiger partial charge in [0.2, 0.25) is 0 Å². The molecule has 0 aliphatic carbocycles. The van der Waals surface area contributed by atoms with Crippen molar-refractivity contribution in [2.75, 3.05) is 12.4 Å². The van der Waals surface area contributed by atoms with Crippen LogP contribution in [0, 0.1) is 0 Å². The summed E-state index contributed by atoms with van der Waals surface area (Å²) in [6, 6.07) is 11.9. The number of methoxy groups -OCH3 is 1. The summed E-state index contributed by atoms with van der Waals surface area (Å²) in [5.41, 5.74) is 1.20. The summed E-state index contributed by atoms with van der Waals surface area (Å²) >= 11 is 3.41. The van der Waals surface area contributed by atoms with Crippen LogP contribution in [0.1, 0.15) is 5.56 Å². The number of ether oxygens (including phenoxy) is 1. The molecule has 0 radical (unpaired) electrons. The van der Waals surface area contributed by atoms with Crippen molar-refractivity contribution in [1.82, 2.24) is 4.98 Å². The number of halogens is 1. The Labute approximate surface area is 109 Å². The molecule has 0 spiro atoms.